The van der Waals surface area contributed by atoms with Crippen LogP contribution in [0.4, 0.5) is 0 Å². The number of phenolic OH excluding ortho intramolecular Hbond substituents is 1. The minimum Gasteiger partial charge on any atom is -0.504 e. The summed E-state index contributed by atoms with van der Waals surface area (Å²) in [5.41, 5.74) is 1.90. The molecule has 1 N–H and O–H groups in total. The van der Waals surface area contributed by atoms with Gasteiger partial charge in [-0.3, -0.25) is 0 Å². The zero-order chi connectivity index (χ0) is 12.1. The van der Waals surface area contributed by atoms with Crippen molar-refractivity contribution in [2.24, 2.45) is 5.92 Å². The van der Waals surface area contributed by atoms with Crippen LogP contribution in [-0.4, -0.2) is 12.2 Å². The van der Waals surface area contributed by atoms with Gasteiger partial charge in [-0.1, -0.05) is 25.1 Å². The Kier molecular flexibility index (Phi) is 4.41. The molecule has 0 bridgehead atoms. The quantitative estimate of drug-likeness (QED) is 0.770. The molecule has 1 aromatic rings. The summed E-state index contributed by atoms with van der Waals surface area (Å²) in [6.07, 6.45) is 3.71. The Morgan fingerprint density at radius 3 is 2.75 bits per heavy atom. The highest BCUT2D eigenvalue weighted by Crippen LogP contribution is 2.34. The first-order valence-electron chi connectivity index (χ1n) is 5.56. The van der Waals surface area contributed by atoms with Crippen LogP contribution in [0, 0.1) is 12.8 Å². The first kappa shape index (κ1) is 12.6. The number of benzene rings is 1. The summed E-state index contributed by atoms with van der Waals surface area (Å²) in [6.45, 7) is 7.80. The van der Waals surface area contributed by atoms with Crippen molar-refractivity contribution in [1.82, 2.24) is 0 Å². The van der Waals surface area contributed by atoms with E-state index in [1.54, 1.807) is 7.11 Å². The second-order valence-corrected chi connectivity index (χ2v) is 4.26. The van der Waals surface area contributed by atoms with Gasteiger partial charge in [0.1, 0.15) is 0 Å². The molecule has 1 rings (SSSR count). The van der Waals surface area contributed by atoms with Crippen LogP contribution >= 0.6 is 0 Å². The standard InChI is InChI=1S/C14H20O2/c1-5-6-10(2)9-12-8-7-11(3)14(16-4)13(12)15/h5,7-8,10,15H,1,6,9H2,2-4H3. The maximum atomic E-state index is 10.0. The van der Waals surface area contributed by atoms with Crippen LogP contribution in [0.1, 0.15) is 24.5 Å². The van der Waals surface area contributed by atoms with E-state index in [0.29, 0.717) is 11.7 Å². The Morgan fingerprint density at radius 1 is 1.50 bits per heavy atom. The van der Waals surface area contributed by atoms with Gasteiger partial charge in [-0.25, -0.2) is 0 Å². The Morgan fingerprint density at radius 2 is 2.19 bits per heavy atom. The molecule has 0 aromatic heterocycles. The molecule has 0 saturated heterocycles. The van der Waals surface area contributed by atoms with Gasteiger partial charge in [0.15, 0.2) is 11.5 Å². The van der Waals surface area contributed by atoms with Crippen LogP contribution in [0.5, 0.6) is 11.5 Å². The van der Waals surface area contributed by atoms with Crippen molar-refractivity contribution in [3.63, 3.8) is 0 Å². The van der Waals surface area contributed by atoms with E-state index in [1.165, 1.54) is 0 Å². The van der Waals surface area contributed by atoms with E-state index in [-0.39, 0.29) is 5.75 Å². The average molecular weight is 220 g/mol. The molecular weight excluding hydrogens is 200 g/mol. The van der Waals surface area contributed by atoms with Crippen molar-refractivity contribution >= 4 is 0 Å². The Bertz CT molecular complexity index is 369. The lowest BCUT2D eigenvalue weighted by Gasteiger charge is -2.14. The molecule has 1 atom stereocenters. The first-order valence-corrected chi connectivity index (χ1v) is 5.56. The Labute approximate surface area is 97.6 Å². The highest BCUT2D eigenvalue weighted by Gasteiger charge is 2.12. The smallest absolute Gasteiger partial charge is 0.163 e. The van der Waals surface area contributed by atoms with Gasteiger partial charge in [-0.05, 0) is 36.8 Å². The van der Waals surface area contributed by atoms with Crippen molar-refractivity contribution in [2.75, 3.05) is 7.11 Å². The molecule has 0 aliphatic carbocycles. The number of hydrogen-bond acceptors (Lipinski definition) is 2. The monoisotopic (exact) mass is 220 g/mol. The van der Waals surface area contributed by atoms with Gasteiger partial charge >= 0.3 is 0 Å². The predicted octanol–water partition coefficient (Wildman–Crippen LogP) is 3.46. The lowest BCUT2D eigenvalue weighted by Crippen LogP contribution is -2.00. The number of phenols is 1. The lowest BCUT2D eigenvalue weighted by atomic mass is 9.96. The van der Waals surface area contributed by atoms with Crippen molar-refractivity contribution < 1.29 is 9.84 Å². The molecular formula is C14H20O2. The number of methoxy groups -OCH3 is 1. The molecule has 1 unspecified atom stereocenters. The van der Waals surface area contributed by atoms with Gasteiger partial charge < -0.3 is 9.84 Å². The molecule has 0 saturated carbocycles. The van der Waals surface area contributed by atoms with E-state index in [1.807, 2.05) is 25.1 Å². The second-order valence-electron chi connectivity index (χ2n) is 4.26. The summed E-state index contributed by atoms with van der Waals surface area (Å²) in [7, 11) is 1.58. The summed E-state index contributed by atoms with van der Waals surface area (Å²) in [5, 5.41) is 10.0. The third-order valence-electron chi connectivity index (χ3n) is 2.75. The maximum absolute atomic E-state index is 10.0. The number of ether oxygens (including phenoxy) is 1. The Hall–Kier alpha value is -1.44. The van der Waals surface area contributed by atoms with Gasteiger partial charge in [0.05, 0.1) is 7.11 Å². The lowest BCUT2D eigenvalue weighted by molar-refractivity contribution is 0.366. The third kappa shape index (κ3) is 2.78. The molecule has 16 heavy (non-hydrogen) atoms. The van der Waals surface area contributed by atoms with E-state index in [9.17, 15) is 5.11 Å². The van der Waals surface area contributed by atoms with E-state index in [4.69, 9.17) is 4.74 Å². The molecule has 2 heteroatoms. The van der Waals surface area contributed by atoms with Crippen molar-refractivity contribution in [2.45, 2.75) is 26.7 Å². The van der Waals surface area contributed by atoms with Gasteiger partial charge in [-0.15, -0.1) is 6.58 Å². The van der Waals surface area contributed by atoms with Crippen LogP contribution in [0.15, 0.2) is 24.8 Å². The highest BCUT2D eigenvalue weighted by atomic mass is 16.5. The normalized spacial score (nSPS) is 12.2. The largest absolute Gasteiger partial charge is 0.504 e. The maximum Gasteiger partial charge on any atom is 0.163 e. The molecule has 0 fully saturated rings. The van der Waals surface area contributed by atoms with Gasteiger partial charge in [0.2, 0.25) is 0 Å². The van der Waals surface area contributed by atoms with Crippen LogP contribution in [-0.2, 0) is 6.42 Å². The first-order chi connectivity index (χ1) is 7.60. The molecule has 0 amide bonds. The van der Waals surface area contributed by atoms with Gasteiger partial charge in [-0.2, -0.15) is 0 Å². The molecule has 88 valence electrons. The summed E-state index contributed by atoms with van der Waals surface area (Å²) >= 11 is 0. The molecule has 0 aliphatic rings. The van der Waals surface area contributed by atoms with E-state index in [0.717, 1.165) is 24.0 Å². The summed E-state index contributed by atoms with van der Waals surface area (Å²) in [4.78, 5) is 0. The van der Waals surface area contributed by atoms with Crippen molar-refractivity contribution in [3.05, 3.63) is 35.9 Å². The minimum atomic E-state index is 0.276. The number of aromatic hydroxyl groups is 1. The molecule has 1 aromatic carbocycles. The Balaban J connectivity index is 2.93. The molecule has 2 nitrogen and oxygen atoms in total. The average Bonchev–Trinajstić information content (AvgIpc) is 2.23. The van der Waals surface area contributed by atoms with E-state index in [2.05, 4.69) is 13.5 Å². The summed E-state index contributed by atoms with van der Waals surface area (Å²) in [5.74, 6) is 1.34. The molecule has 0 heterocycles. The highest BCUT2D eigenvalue weighted by molar-refractivity contribution is 5.50. The van der Waals surface area contributed by atoms with E-state index >= 15 is 0 Å². The van der Waals surface area contributed by atoms with Crippen molar-refractivity contribution in [3.8, 4) is 11.5 Å². The van der Waals surface area contributed by atoms with Gasteiger partial charge in [0, 0.05) is 0 Å². The zero-order valence-corrected chi connectivity index (χ0v) is 10.3. The van der Waals surface area contributed by atoms with Crippen LogP contribution in [0.3, 0.4) is 0 Å². The van der Waals surface area contributed by atoms with E-state index < -0.39 is 0 Å². The molecule has 0 radical (unpaired) electrons. The summed E-state index contributed by atoms with van der Waals surface area (Å²) in [6, 6.07) is 3.95. The molecule has 0 spiro atoms. The number of aryl methyl sites for hydroxylation is 1. The number of allylic oxidation sites excluding steroid dienone is 1. The predicted molar refractivity (Wildman–Crippen MR) is 67.1 cm³/mol. The van der Waals surface area contributed by atoms with Crippen LogP contribution < -0.4 is 4.74 Å². The van der Waals surface area contributed by atoms with Crippen LogP contribution in [0.25, 0.3) is 0 Å². The fourth-order valence-corrected chi connectivity index (χ4v) is 1.88. The van der Waals surface area contributed by atoms with Crippen LogP contribution in [0.2, 0.25) is 0 Å². The van der Waals surface area contributed by atoms with Crippen molar-refractivity contribution in [1.29, 1.82) is 0 Å². The molecule has 0 aliphatic heterocycles. The zero-order valence-electron chi connectivity index (χ0n) is 10.3. The third-order valence-corrected chi connectivity index (χ3v) is 2.75. The number of rotatable bonds is 5. The fraction of sp³-hybridized carbons (Fsp3) is 0.429. The minimum absolute atomic E-state index is 0.276. The second kappa shape index (κ2) is 5.59. The SMILES string of the molecule is C=CCC(C)Cc1ccc(C)c(OC)c1O. The number of hydrogen-bond donors (Lipinski definition) is 1. The topological polar surface area (TPSA) is 29.5 Å². The fourth-order valence-electron chi connectivity index (χ4n) is 1.88. The summed E-state index contributed by atoms with van der Waals surface area (Å²) < 4.78 is 5.19. The van der Waals surface area contributed by atoms with Gasteiger partial charge in [0.25, 0.3) is 0 Å².